The van der Waals surface area contributed by atoms with Gasteiger partial charge in [0.1, 0.15) is 0 Å². The molecule has 0 aliphatic carbocycles. The molecule has 1 N–H and O–H groups in total. The Hall–Kier alpha value is 0.817. The molecular formula is C5H10LiNO3S2. The summed E-state index contributed by atoms with van der Waals surface area (Å²) in [7, 11) is -4.24. The molecule has 1 fully saturated rings. The van der Waals surface area contributed by atoms with Crippen LogP contribution in [0.2, 0.25) is 0 Å². The van der Waals surface area contributed by atoms with Crippen LogP contribution >= 0.6 is 11.8 Å². The Balaban J connectivity index is 0.00000121. The first-order valence-electron chi connectivity index (χ1n) is 3.43. The molecule has 0 spiro atoms. The van der Waals surface area contributed by atoms with E-state index in [4.69, 9.17) is 0 Å². The summed E-state index contributed by atoms with van der Waals surface area (Å²) < 4.78 is 32.7. The summed E-state index contributed by atoms with van der Waals surface area (Å²) in [6.45, 7) is 0. The largest absolute Gasteiger partial charge is 1.00 e. The predicted octanol–water partition coefficient (Wildman–Crippen LogP) is -2.72. The third kappa shape index (κ3) is 5.46. The molecule has 1 atom stereocenters. The number of rotatable bonds is 2. The summed E-state index contributed by atoms with van der Waals surface area (Å²) in [5, 5.41) is -0.189. The van der Waals surface area contributed by atoms with Crippen molar-refractivity contribution in [3.63, 3.8) is 0 Å². The third-order valence-electron chi connectivity index (χ3n) is 1.46. The van der Waals surface area contributed by atoms with Crippen molar-refractivity contribution >= 4 is 22.1 Å². The summed E-state index contributed by atoms with van der Waals surface area (Å²) in [5.74, 6) is 0.938. The van der Waals surface area contributed by atoms with E-state index in [1.54, 1.807) is 0 Å². The van der Waals surface area contributed by atoms with E-state index in [-0.39, 0.29) is 24.2 Å². The molecule has 0 radical (unpaired) electrons. The molecule has 0 aromatic rings. The maximum absolute atomic E-state index is 10.2. The van der Waals surface area contributed by atoms with Crippen LogP contribution in [0.15, 0.2) is 0 Å². The van der Waals surface area contributed by atoms with Gasteiger partial charge < -0.3 is 4.55 Å². The number of thioether (sulfide) groups is 1. The van der Waals surface area contributed by atoms with Gasteiger partial charge in [0.15, 0.2) is 10.3 Å². The molecule has 1 aliphatic rings. The van der Waals surface area contributed by atoms with Gasteiger partial charge in [-0.3, -0.25) is 0 Å². The standard InChI is InChI=1S/C5H11NO3S2.Li/c7-11(8,9)6-5-3-1-2-4-10-5;/h5-6H,1-4H2,(H,7,8,9);/q;+1/p-1. The Bertz CT molecular complexity index is 213. The minimum Gasteiger partial charge on any atom is -0.735 e. The maximum Gasteiger partial charge on any atom is 1.00 e. The first-order valence-corrected chi connectivity index (χ1v) is 5.88. The molecule has 1 rings (SSSR count). The number of hydrogen-bond acceptors (Lipinski definition) is 4. The zero-order chi connectivity index (χ0) is 8.32. The van der Waals surface area contributed by atoms with Crippen molar-refractivity contribution in [3.8, 4) is 0 Å². The van der Waals surface area contributed by atoms with Gasteiger partial charge in [0.05, 0.1) is 5.37 Å². The van der Waals surface area contributed by atoms with E-state index in [0.29, 0.717) is 0 Å². The van der Waals surface area contributed by atoms with E-state index in [2.05, 4.69) is 0 Å². The van der Waals surface area contributed by atoms with Gasteiger partial charge in [0.2, 0.25) is 0 Å². The molecule has 1 aliphatic heterocycles. The van der Waals surface area contributed by atoms with E-state index < -0.39 is 10.3 Å². The van der Waals surface area contributed by atoms with Gasteiger partial charge in [-0.15, -0.1) is 11.8 Å². The quantitative estimate of drug-likeness (QED) is 0.391. The smallest absolute Gasteiger partial charge is 0.735 e. The molecule has 66 valence electrons. The van der Waals surface area contributed by atoms with Gasteiger partial charge in [-0.25, -0.2) is 13.1 Å². The molecule has 0 bridgehead atoms. The Kier molecular flexibility index (Phi) is 5.90. The molecular weight excluding hydrogens is 193 g/mol. The molecule has 0 aromatic heterocycles. The van der Waals surface area contributed by atoms with Crippen molar-refractivity contribution in [2.24, 2.45) is 0 Å². The SMILES string of the molecule is O=S(=O)([O-])NC1CCCCS1.[Li+]. The monoisotopic (exact) mass is 203 g/mol. The van der Waals surface area contributed by atoms with Crippen LogP contribution in [0.3, 0.4) is 0 Å². The summed E-state index contributed by atoms with van der Waals surface area (Å²) in [4.78, 5) is 0. The molecule has 0 amide bonds. The fraction of sp³-hybridized carbons (Fsp3) is 1.00. The zero-order valence-corrected chi connectivity index (χ0v) is 8.58. The molecule has 1 saturated heterocycles. The van der Waals surface area contributed by atoms with Crippen LogP contribution in [0.25, 0.3) is 0 Å². The second-order valence-electron chi connectivity index (χ2n) is 2.43. The van der Waals surface area contributed by atoms with E-state index in [1.807, 2.05) is 4.72 Å². The fourth-order valence-corrected chi connectivity index (χ4v) is 3.05. The van der Waals surface area contributed by atoms with Crippen molar-refractivity contribution in [3.05, 3.63) is 0 Å². The van der Waals surface area contributed by atoms with Crippen LogP contribution in [0.1, 0.15) is 19.3 Å². The van der Waals surface area contributed by atoms with E-state index in [9.17, 15) is 13.0 Å². The van der Waals surface area contributed by atoms with Crippen molar-refractivity contribution in [2.45, 2.75) is 24.6 Å². The fourth-order valence-electron chi connectivity index (χ4n) is 0.995. The third-order valence-corrected chi connectivity index (χ3v) is 3.46. The summed E-state index contributed by atoms with van der Waals surface area (Å²) >= 11 is 1.50. The molecule has 12 heavy (non-hydrogen) atoms. The topological polar surface area (TPSA) is 69.2 Å². The van der Waals surface area contributed by atoms with Crippen molar-refractivity contribution in [1.29, 1.82) is 0 Å². The Morgan fingerprint density at radius 2 is 2.08 bits per heavy atom. The van der Waals surface area contributed by atoms with Crippen molar-refractivity contribution in [2.75, 3.05) is 5.75 Å². The van der Waals surface area contributed by atoms with Crippen LogP contribution in [0.5, 0.6) is 0 Å². The second kappa shape index (κ2) is 5.53. The van der Waals surface area contributed by atoms with Gasteiger partial charge in [0.25, 0.3) is 0 Å². The average Bonchev–Trinajstić information content (AvgIpc) is 1.85. The molecule has 1 unspecified atom stereocenters. The minimum absolute atomic E-state index is 0. The van der Waals surface area contributed by atoms with Crippen LogP contribution < -0.4 is 23.6 Å². The zero-order valence-electron chi connectivity index (χ0n) is 6.95. The number of nitrogens with one attached hydrogen (secondary N) is 1. The van der Waals surface area contributed by atoms with E-state index >= 15 is 0 Å². The molecule has 0 saturated carbocycles. The molecule has 1 heterocycles. The van der Waals surface area contributed by atoms with Gasteiger partial charge in [-0.1, -0.05) is 6.42 Å². The van der Waals surface area contributed by atoms with Crippen LogP contribution in [-0.4, -0.2) is 24.1 Å². The second-order valence-corrected chi connectivity index (χ2v) is 4.88. The molecule has 0 aromatic carbocycles. The van der Waals surface area contributed by atoms with Crippen LogP contribution in [-0.2, 0) is 10.3 Å². The number of hydrogen-bond donors (Lipinski definition) is 1. The van der Waals surface area contributed by atoms with Gasteiger partial charge in [-0.05, 0) is 18.6 Å². The molecule has 7 heteroatoms. The van der Waals surface area contributed by atoms with Crippen LogP contribution in [0.4, 0.5) is 0 Å². The van der Waals surface area contributed by atoms with Crippen molar-refractivity contribution in [1.82, 2.24) is 4.72 Å². The Morgan fingerprint density at radius 3 is 2.50 bits per heavy atom. The maximum atomic E-state index is 10.2. The Labute approximate surface area is 88.9 Å². The van der Waals surface area contributed by atoms with Gasteiger partial charge in [-0.2, -0.15) is 0 Å². The first kappa shape index (κ1) is 12.8. The van der Waals surface area contributed by atoms with Crippen LogP contribution in [0, 0.1) is 0 Å². The van der Waals surface area contributed by atoms with E-state index in [0.717, 1.165) is 25.0 Å². The van der Waals surface area contributed by atoms with Gasteiger partial charge in [0, 0.05) is 0 Å². The summed E-state index contributed by atoms with van der Waals surface area (Å²) in [6, 6.07) is 0. The van der Waals surface area contributed by atoms with Gasteiger partial charge >= 0.3 is 18.9 Å². The average molecular weight is 203 g/mol. The molecule has 4 nitrogen and oxygen atoms in total. The Morgan fingerprint density at radius 1 is 1.42 bits per heavy atom. The summed E-state index contributed by atoms with van der Waals surface area (Å²) in [6.07, 6.45) is 2.88. The normalized spacial score (nSPS) is 24.6. The van der Waals surface area contributed by atoms with Crippen molar-refractivity contribution < 1.29 is 31.8 Å². The van der Waals surface area contributed by atoms with E-state index in [1.165, 1.54) is 11.8 Å². The minimum atomic E-state index is -4.24. The summed E-state index contributed by atoms with van der Waals surface area (Å²) in [5.41, 5.74) is 0. The predicted molar refractivity (Wildman–Crippen MR) is 42.9 cm³/mol. The first-order chi connectivity index (χ1) is 5.08.